The molecule has 202 valence electrons. The summed E-state index contributed by atoms with van der Waals surface area (Å²) >= 11 is 6.20. The molecule has 0 saturated heterocycles. The lowest BCUT2D eigenvalue weighted by molar-refractivity contribution is -0.141. The summed E-state index contributed by atoms with van der Waals surface area (Å²) in [6.45, 7) is 7.07. The Labute approximate surface area is 230 Å². The highest BCUT2D eigenvalue weighted by molar-refractivity contribution is 7.92. The average molecular weight is 556 g/mol. The van der Waals surface area contributed by atoms with Crippen molar-refractivity contribution in [3.05, 3.63) is 95.5 Å². The predicted molar refractivity (Wildman–Crippen MR) is 151 cm³/mol. The van der Waals surface area contributed by atoms with Crippen molar-refractivity contribution in [3.8, 4) is 0 Å². The minimum atomic E-state index is -4.13. The molecular formula is C29H34ClN3O4S. The molecule has 2 amide bonds. The number of nitrogens with zero attached hydrogens (tertiary/aromatic N) is 2. The zero-order valence-corrected chi connectivity index (χ0v) is 23.7. The van der Waals surface area contributed by atoms with Crippen LogP contribution in [0.25, 0.3) is 0 Å². The first-order chi connectivity index (χ1) is 17.9. The minimum Gasteiger partial charge on any atom is -0.350 e. The van der Waals surface area contributed by atoms with Gasteiger partial charge in [-0.05, 0) is 63.1 Å². The van der Waals surface area contributed by atoms with Gasteiger partial charge >= 0.3 is 0 Å². The molecule has 0 spiro atoms. The van der Waals surface area contributed by atoms with Crippen molar-refractivity contribution in [2.45, 2.75) is 57.1 Å². The van der Waals surface area contributed by atoms with Crippen LogP contribution in [-0.4, -0.2) is 43.3 Å². The molecule has 9 heteroatoms. The van der Waals surface area contributed by atoms with Crippen LogP contribution >= 0.6 is 11.6 Å². The van der Waals surface area contributed by atoms with Crippen molar-refractivity contribution in [1.29, 1.82) is 0 Å². The number of halogens is 1. The molecule has 3 aromatic carbocycles. The predicted octanol–water partition coefficient (Wildman–Crippen LogP) is 5.26. The molecule has 1 N–H and O–H groups in total. The van der Waals surface area contributed by atoms with Gasteiger partial charge in [0.15, 0.2) is 0 Å². The highest BCUT2D eigenvalue weighted by atomic mass is 35.5. The molecule has 0 unspecified atom stereocenters. The van der Waals surface area contributed by atoms with Gasteiger partial charge in [0.1, 0.15) is 12.6 Å². The van der Waals surface area contributed by atoms with Crippen LogP contribution in [0.4, 0.5) is 5.69 Å². The van der Waals surface area contributed by atoms with E-state index in [0.29, 0.717) is 11.4 Å². The van der Waals surface area contributed by atoms with E-state index in [1.807, 2.05) is 58.0 Å². The number of amides is 2. The Bertz CT molecular complexity index is 1340. The summed E-state index contributed by atoms with van der Waals surface area (Å²) < 4.78 is 28.6. The molecule has 38 heavy (non-hydrogen) atoms. The maximum atomic E-state index is 14.0. The van der Waals surface area contributed by atoms with Gasteiger partial charge in [0.2, 0.25) is 11.8 Å². The Morgan fingerprint density at radius 1 is 0.921 bits per heavy atom. The second-order valence-corrected chi connectivity index (χ2v) is 12.3. The van der Waals surface area contributed by atoms with Crippen LogP contribution in [-0.2, 0) is 26.2 Å². The average Bonchev–Trinajstić information content (AvgIpc) is 2.87. The third-order valence-corrected chi connectivity index (χ3v) is 7.81. The molecule has 0 saturated carbocycles. The fourth-order valence-electron chi connectivity index (χ4n) is 4.03. The Morgan fingerprint density at radius 2 is 1.53 bits per heavy atom. The summed E-state index contributed by atoms with van der Waals surface area (Å²) in [5, 5.41) is 3.29. The lowest BCUT2D eigenvalue weighted by Gasteiger charge is -2.34. The lowest BCUT2D eigenvalue weighted by atomic mass is 10.1. The molecule has 0 aliphatic rings. The Morgan fingerprint density at radius 3 is 2.08 bits per heavy atom. The van der Waals surface area contributed by atoms with E-state index in [4.69, 9.17) is 11.6 Å². The van der Waals surface area contributed by atoms with Gasteiger partial charge in [-0.2, -0.15) is 0 Å². The van der Waals surface area contributed by atoms with E-state index in [1.54, 1.807) is 36.4 Å². The van der Waals surface area contributed by atoms with Crippen LogP contribution in [0.2, 0.25) is 5.02 Å². The molecule has 0 aliphatic carbocycles. The first kappa shape index (κ1) is 29.2. The number of benzene rings is 3. The molecule has 3 rings (SSSR count). The number of nitrogens with one attached hydrogen (secondary N) is 1. The molecule has 3 aromatic rings. The van der Waals surface area contributed by atoms with Gasteiger partial charge in [-0.25, -0.2) is 8.42 Å². The van der Waals surface area contributed by atoms with E-state index in [9.17, 15) is 18.0 Å². The number of carbonyl (C=O) groups is 2. The molecule has 0 bridgehead atoms. The zero-order valence-electron chi connectivity index (χ0n) is 22.1. The Hall–Kier alpha value is -3.36. The van der Waals surface area contributed by atoms with E-state index in [0.717, 1.165) is 9.87 Å². The van der Waals surface area contributed by atoms with Gasteiger partial charge in [-0.15, -0.1) is 0 Å². The van der Waals surface area contributed by atoms with E-state index >= 15 is 0 Å². The molecule has 0 fully saturated rings. The summed E-state index contributed by atoms with van der Waals surface area (Å²) in [6, 6.07) is 22.8. The van der Waals surface area contributed by atoms with Crippen LogP contribution in [0, 0.1) is 0 Å². The maximum Gasteiger partial charge on any atom is 0.264 e. The maximum absolute atomic E-state index is 14.0. The first-order valence-corrected chi connectivity index (χ1v) is 14.2. The van der Waals surface area contributed by atoms with Crippen molar-refractivity contribution in [2.75, 3.05) is 10.8 Å². The summed E-state index contributed by atoms with van der Waals surface area (Å²) in [7, 11) is -4.13. The molecule has 0 aromatic heterocycles. The van der Waals surface area contributed by atoms with Gasteiger partial charge < -0.3 is 10.2 Å². The standard InChI is InChI=1S/C29H34ClN3O4S/c1-5-26(28(35)31-29(2,3)4)32(20-22-13-8-6-9-14-22)27(34)21-33(24-16-12-15-23(30)19-24)38(36,37)25-17-10-7-11-18-25/h6-19,26H,5,20-21H2,1-4H3,(H,31,35)/t26-/m1/s1. The number of hydrogen-bond donors (Lipinski definition) is 1. The van der Waals surface area contributed by atoms with E-state index in [2.05, 4.69) is 5.32 Å². The highest BCUT2D eigenvalue weighted by Crippen LogP contribution is 2.27. The van der Waals surface area contributed by atoms with Crippen molar-refractivity contribution < 1.29 is 18.0 Å². The van der Waals surface area contributed by atoms with Gasteiger partial charge in [0.05, 0.1) is 10.6 Å². The van der Waals surface area contributed by atoms with Gasteiger partial charge in [-0.3, -0.25) is 13.9 Å². The minimum absolute atomic E-state index is 0.0416. The highest BCUT2D eigenvalue weighted by Gasteiger charge is 2.34. The Kier molecular flexibility index (Phi) is 9.57. The largest absolute Gasteiger partial charge is 0.350 e. The fraction of sp³-hybridized carbons (Fsp3) is 0.310. The molecule has 1 atom stereocenters. The van der Waals surface area contributed by atoms with Gasteiger partial charge in [-0.1, -0.05) is 73.1 Å². The summed E-state index contributed by atoms with van der Waals surface area (Å²) in [5.74, 6) is -0.811. The molecule has 7 nitrogen and oxygen atoms in total. The zero-order chi connectivity index (χ0) is 27.9. The quantitative estimate of drug-likeness (QED) is 0.370. The SMILES string of the molecule is CC[C@H](C(=O)NC(C)(C)C)N(Cc1ccccc1)C(=O)CN(c1cccc(Cl)c1)S(=O)(=O)c1ccccc1. The number of hydrogen-bond acceptors (Lipinski definition) is 4. The number of carbonyl (C=O) groups excluding carboxylic acids is 2. The van der Waals surface area contributed by atoms with E-state index < -0.39 is 34.1 Å². The number of sulfonamides is 1. The second kappa shape index (κ2) is 12.5. The van der Waals surface area contributed by atoms with Crippen molar-refractivity contribution in [1.82, 2.24) is 10.2 Å². The third kappa shape index (κ3) is 7.58. The summed E-state index contributed by atoms with van der Waals surface area (Å²) in [5.41, 5.74) is 0.569. The van der Waals surface area contributed by atoms with E-state index in [1.165, 1.54) is 23.1 Å². The normalized spacial score (nSPS) is 12.4. The first-order valence-electron chi connectivity index (χ1n) is 12.4. The third-order valence-electron chi connectivity index (χ3n) is 5.79. The number of anilines is 1. The van der Waals surface area contributed by atoms with Gasteiger partial charge in [0.25, 0.3) is 10.0 Å². The number of rotatable bonds is 10. The van der Waals surface area contributed by atoms with Gasteiger partial charge in [0, 0.05) is 17.1 Å². The molecular weight excluding hydrogens is 522 g/mol. The van der Waals surface area contributed by atoms with E-state index in [-0.39, 0.29) is 23.0 Å². The van der Waals surface area contributed by atoms with Crippen LogP contribution in [0.5, 0.6) is 0 Å². The van der Waals surface area contributed by atoms with Crippen LogP contribution in [0.1, 0.15) is 39.7 Å². The van der Waals surface area contributed by atoms with Crippen LogP contribution < -0.4 is 9.62 Å². The smallest absolute Gasteiger partial charge is 0.264 e. The van der Waals surface area contributed by atoms with Crippen molar-refractivity contribution in [2.24, 2.45) is 0 Å². The Balaban J connectivity index is 2.05. The molecule has 0 heterocycles. The van der Waals surface area contributed by atoms with Crippen LogP contribution in [0.3, 0.4) is 0 Å². The second-order valence-electron chi connectivity index (χ2n) is 9.98. The molecule has 0 aliphatic heterocycles. The topological polar surface area (TPSA) is 86.8 Å². The monoisotopic (exact) mass is 555 g/mol. The fourth-order valence-corrected chi connectivity index (χ4v) is 5.64. The van der Waals surface area contributed by atoms with Crippen LogP contribution in [0.15, 0.2) is 89.8 Å². The van der Waals surface area contributed by atoms with Crippen molar-refractivity contribution in [3.63, 3.8) is 0 Å². The van der Waals surface area contributed by atoms with Crippen molar-refractivity contribution >= 4 is 39.1 Å². The summed E-state index contributed by atoms with van der Waals surface area (Å²) in [6.07, 6.45) is 0.350. The lowest BCUT2D eigenvalue weighted by Crippen LogP contribution is -2.55. The molecule has 0 radical (unpaired) electrons. The summed E-state index contributed by atoms with van der Waals surface area (Å²) in [4.78, 5) is 28.8.